The van der Waals surface area contributed by atoms with E-state index in [9.17, 15) is 27.6 Å². The number of anilines is 1. The monoisotopic (exact) mass is 619 g/mol. The van der Waals surface area contributed by atoms with Gasteiger partial charge in [-0.3, -0.25) is 9.59 Å². The number of ether oxygens (including phenoxy) is 1. The van der Waals surface area contributed by atoms with Gasteiger partial charge in [0.25, 0.3) is 17.6 Å². The van der Waals surface area contributed by atoms with Crippen molar-refractivity contribution in [1.29, 1.82) is 0 Å². The van der Waals surface area contributed by atoms with Crippen LogP contribution in [0, 0.1) is 6.92 Å². The van der Waals surface area contributed by atoms with Gasteiger partial charge in [0, 0.05) is 11.7 Å². The number of amides is 2. The highest BCUT2D eigenvalue weighted by molar-refractivity contribution is 6.32. The van der Waals surface area contributed by atoms with Gasteiger partial charge < -0.3 is 15.4 Å². The van der Waals surface area contributed by atoms with Crippen LogP contribution in [0.3, 0.4) is 0 Å². The number of pyridine rings is 1. The molecular weight excluding hydrogens is 595 g/mol. The fraction of sp³-hybridized carbons (Fsp3) is 0.308. The number of carbonyl (C=O) groups is 3. The Balaban J connectivity index is 1.77. The number of methoxy groups -OCH3 is 1. The second-order valence-corrected chi connectivity index (χ2v) is 10.7. The van der Waals surface area contributed by atoms with Crippen LogP contribution in [-0.4, -0.2) is 65.4 Å². The molecular formula is C26H25ClF3N9O4. The van der Waals surface area contributed by atoms with Gasteiger partial charge in [0.2, 0.25) is 0 Å². The molecule has 17 heteroatoms. The average Bonchev–Trinajstić information content (AvgIpc) is 3.56. The minimum atomic E-state index is -4.80. The third kappa shape index (κ3) is 7.14. The van der Waals surface area contributed by atoms with Crippen molar-refractivity contribution in [2.75, 3.05) is 12.4 Å². The lowest BCUT2D eigenvalue weighted by atomic mass is 10.0. The molecule has 1 aromatic carbocycles. The third-order valence-electron chi connectivity index (χ3n) is 5.67. The lowest BCUT2D eigenvalue weighted by Gasteiger charge is -2.22. The number of rotatable bonds is 7. The van der Waals surface area contributed by atoms with E-state index in [0.717, 1.165) is 4.68 Å². The molecule has 3 aromatic heterocycles. The summed E-state index contributed by atoms with van der Waals surface area (Å²) in [6.45, 7) is 6.49. The van der Waals surface area contributed by atoms with E-state index in [-0.39, 0.29) is 45.6 Å². The number of carbonyl (C=O) groups excluding carboxylic acids is 3. The fourth-order valence-electron chi connectivity index (χ4n) is 3.89. The molecule has 0 bridgehead atoms. The number of alkyl halides is 3. The summed E-state index contributed by atoms with van der Waals surface area (Å²) in [5.74, 6) is -3.43. The number of aryl methyl sites for hydroxylation is 1. The highest BCUT2D eigenvalue weighted by atomic mass is 35.5. The van der Waals surface area contributed by atoms with Gasteiger partial charge in [0.15, 0.2) is 5.82 Å². The first-order valence-electron chi connectivity index (χ1n) is 12.5. The molecule has 2 N–H and O–H groups in total. The standard InChI is InChI=1S/C26H25ClF3N9O4/c1-13-9-14(23(42)43-5)10-16(21(40)33-25(2,3)4)19(13)32-22(41)18-11-15(12-38-36-24(34-37-38)26(28,29)30)35-39(18)20-17(27)7-6-8-31-20/h6-11H,12H2,1-5H3,(H,32,41)(H,33,40). The van der Waals surface area contributed by atoms with Crippen LogP contribution in [-0.2, 0) is 17.5 Å². The number of hydrogen-bond acceptors (Lipinski definition) is 9. The summed E-state index contributed by atoms with van der Waals surface area (Å²) in [7, 11) is 1.20. The van der Waals surface area contributed by atoms with Crippen LogP contribution >= 0.6 is 11.6 Å². The molecule has 0 saturated carbocycles. The molecule has 0 aliphatic carbocycles. The first kappa shape index (κ1) is 31.1. The Morgan fingerprint density at radius 1 is 1.07 bits per heavy atom. The number of nitrogens with zero attached hydrogens (tertiary/aromatic N) is 7. The van der Waals surface area contributed by atoms with E-state index in [1.165, 1.54) is 37.6 Å². The summed E-state index contributed by atoms with van der Waals surface area (Å²) in [5.41, 5.74) is -0.192. The van der Waals surface area contributed by atoms with Crippen LogP contribution in [0.15, 0.2) is 36.5 Å². The number of hydrogen-bond donors (Lipinski definition) is 2. The van der Waals surface area contributed by atoms with E-state index in [4.69, 9.17) is 16.3 Å². The topological polar surface area (TPSA) is 159 Å². The van der Waals surface area contributed by atoms with Crippen molar-refractivity contribution >= 4 is 35.1 Å². The number of tetrazole rings is 1. The minimum absolute atomic E-state index is 0.0164. The zero-order valence-electron chi connectivity index (χ0n) is 23.4. The molecule has 2 amide bonds. The van der Waals surface area contributed by atoms with Gasteiger partial charge in [-0.15, -0.1) is 10.2 Å². The third-order valence-corrected chi connectivity index (χ3v) is 5.97. The number of benzene rings is 1. The highest BCUT2D eigenvalue weighted by Crippen LogP contribution is 2.27. The van der Waals surface area contributed by atoms with Gasteiger partial charge in [0.05, 0.1) is 34.6 Å². The van der Waals surface area contributed by atoms with Crippen molar-refractivity contribution in [3.63, 3.8) is 0 Å². The SMILES string of the molecule is COC(=O)c1cc(C)c(NC(=O)c2cc(Cn3nnc(C(F)(F)F)n3)nn2-c2ncccc2Cl)c(C(=O)NC(C)(C)C)c1. The van der Waals surface area contributed by atoms with Crippen molar-refractivity contribution in [3.8, 4) is 5.82 Å². The summed E-state index contributed by atoms with van der Waals surface area (Å²) in [5, 5.41) is 19.6. The Morgan fingerprint density at radius 3 is 2.40 bits per heavy atom. The molecule has 0 radical (unpaired) electrons. The number of aromatic nitrogens is 7. The zero-order chi connectivity index (χ0) is 31.7. The molecule has 0 saturated heterocycles. The van der Waals surface area contributed by atoms with Crippen LogP contribution in [0.5, 0.6) is 0 Å². The molecule has 226 valence electrons. The minimum Gasteiger partial charge on any atom is -0.465 e. The smallest absolute Gasteiger partial charge is 0.455 e. The molecule has 0 fully saturated rings. The molecule has 4 aromatic rings. The summed E-state index contributed by atoms with van der Waals surface area (Å²) in [6.07, 6.45) is -3.40. The van der Waals surface area contributed by atoms with Gasteiger partial charge in [-0.1, -0.05) is 11.6 Å². The lowest BCUT2D eigenvalue weighted by molar-refractivity contribution is -0.145. The molecule has 3 heterocycles. The first-order valence-corrected chi connectivity index (χ1v) is 12.9. The van der Waals surface area contributed by atoms with Crippen LogP contribution < -0.4 is 10.6 Å². The Hall–Kier alpha value is -4.86. The fourth-order valence-corrected chi connectivity index (χ4v) is 4.09. The quantitative estimate of drug-likeness (QED) is 0.293. The van der Waals surface area contributed by atoms with Crippen LogP contribution in [0.25, 0.3) is 5.82 Å². The number of nitrogens with one attached hydrogen (secondary N) is 2. The molecule has 4 rings (SSSR count). The second kappa shape index (κ2) is 11.8. The van der Waals surface area contributed by atoms with E-state index in [1.807, 2.05) is 0 Å². The predicted molar refractivity (Wildman–Crippen MR) is 146 cm³/mol. The van der Waals surface area contributed by atoms with Crippen molar-refractivity contribution in [1.82, 2.24) is 40.3 Å². The molecule has 0 unspecified atom stereocenters. The maximum Gasteiger partial charge on any atom is 0.455 e. The normalized spacial score (nSPS) is 11.7. The van der Waals surface area contributed by atoms with E-state index in [0.29, 0.717) is 10.4 Å². The van der Waals surface area contributed by atoms with E-state index >= 15 is 0 Å². The Labute approximate surface area is 247 Å². The van der Waals surface area contributed by atoms with Crippen molar-refractivity contribution in [2.45, 2.75) is 46.0 Å². The van der Waals surface area contributed by atoms with Crippen LogP contribution in [0.4, 0.5) is 18.9 Å². The van der Waals surface area contributed by atoms with Gasteiger partial charge in [0.1, 0.15) is 12.2 Å². The van der Waals surface area contributed by atoms with E-state index in [2.05, 4.69) is 36.1 Å². The molecule has 0 spiro atoms. The van der Waals surface area contributed by atoms with Crippen LogP contribution in [0.2, 0.25) is 5.02 Å². The van der Waals surface area contributed by atoms with Gasteiger partial charge in [-0.25, -0.2) is 14.5 Å². The van der Waals surface area contributed by atoms with Crippen LogP contribution in [0.1, 0.15) is 69.1 Å². The summed E-state index contributed by atoms with van der Waals surface area (Å²) in [4.78, 5) is 44.1. The van der Waals surface area contributed by atoms with Gasteiger partial charge >= 0.3 is 12.1 Å². The summed E-state index contributed by atoms with van der Waals surface area (Å²) in [6, 6.07) is 7.08. The Bertz CT molecular complexity index is 1710. The maximum atomic E-state index is 13.7. The van der Waals surface area contributed by atoms with E-state index in [1.54, 1.807) is 33.8 Å². The number of halogens is 4. The van der Waals surface area contributed by atoms with Crippen molar-refractivity contribution in [2.24, 2.45) is 0 Å². The van der Waals surface area contributed by atoms with Crippen molar-refractivity contribution < 1.29 is 32.3 Å². The van der Waals surface area contributed by atoms with E-state index < -0.39 is 35.3 Å². The lowest BCUT2D eigenvalue weighted by Crippen LogP contribution is -2.41. The molecule has 13 nitrogen and oxygen atoms in total. The Kier molecular flexibility index (Phi) is 8.52. The maximum absolute atomic E-state index is 13.7. The highest BCUT2D eigenvalue weighted by Gasteiger charge is 2.37. The van der Waals surface area contributed by atoms with Crippen molar-refractivity contribution in [3.05, 3.63) is 75.5 Å². The Morgan fingerprint density at radius 2 is 1.79 bits per heavy atom. The average molecular weight is 620 g/mol. The summed E-state index contributed by atoms with van der Waals surface area (Å²) < 4.78 is 44.8. The molecule has 0 aliphatic rings. The largest absolute Gasteiger partial charge is 0.465 e. The predicted octanol–water partition coefficient (Wildman–Crippen LogP) is 3.85. The second-order valence-electron chi connectivity index (χ2n) is 10.2. The molecule has 0 atom stereocenters. The first-order chi connectivity index (χ1) is 20.1. The molecule has 43 heavy (non-hydrogen) atoms. The molecule has 0 aliphatic heterocycles. The van der Waals surface area contributed by atoms with Gasteiger partial charge in [-0.05, 0) is 68.8 Å². The van der Waals surface area contributed by atoms with Gasteiger partial charge in [-0.2, -0.15) is 23.1 Å². The summed E-state index contributed by atoms with van der Waals surface area (Å²) >= 11 is 6.32. The zero-order valence-corrected chi connectivity index (χ0v) is 24.2. The number of esters is 1.